The minimum atomic E-state index is -0.262. The molecule has 0 aromatic heterocycles. The zero-order chi connectivity index (χ0) is 13.7. The number of anilines is 1. The van der Waals surface area contributed by atoms with Crippen molar-refractivity contribution in [2.75, 3.05) is 11.9 Å². The van der Waals surface area contributed by atoms with Gasteiger partial charge in [0.2, 0.25) is 0 Å². The highest BCUT2D eigenvalue weighted by Gasteiger charge is 2.17. The number of hydrogen-bond donors (Lipinski definition) is 2. The highest BCUT2D eigenvalue weighted by atomic mass is 19.1. The van der Waals surface area contributed by atoms with Crippen LogP contribution in [0, 0.1) is 5.82 Å². The molecule has 0 spiro atoms. The summed E-state index contributed by atoms with van der Waals surface area (Å²) in [4.78, 5) is 0. The summed E-state index contributed by atoms with van der Waals surface area (Å²) in [5.74, 6) is -0.0986. The molecule has 0 amide bonds. The summed E-state index contributed by atoms with van der Waals surface area (Å²) in [7, 11) is 0. The zero-order valence-electron chi connectivity index (χ0n) is 10.9. The van der Waals surface area contributed by atoms with Gasteiger partial charge >= 0.3 is 0 Å². The summed E-state index contributed by atoms with van der Waals surface area (Å²) >= 11 is 0. The number of benzene rings is 2. The highest BCUT2D eigenvalue weighted by molar-refractivity contribution is 5.44. The molecule has 0 aliphatic carbocycles. The molecule has 2 atom stereocenters. The first-order chi connectivity index (χ1) is 9.20. The molecule has 0 aliphatic rings. The van der Waals surface area contributed by atoms with Crippen molar-refractivity contribution >= 4 is 5.69 Å². The average molecular weight is 259 g/mol. The zero-order valence-corrected chi connectivity index (χ0v) is 10.9. The van der Waals surface area contributed by atoms with Crippen molar-refractivity contribution in [1.29, 1.82) is 0 Å². The van der Waals surface area contributed by atoms with Crippen LogP contribution in [0.25, 0.3) is 0 Å². The van der Waals surface area contributed by atoms with Gasteiger partial charge in [0, 0.05) is 11.6 Å². The normalized spacial score (nSPS) is 13.8. The molecular weight excluding hydrogens is 241 g/mol. The summed E-state index contributed by atoms with van der Waals surface area (Å²) in [6.45, 7) is 2.08. The first kappa shape index (κ1) is 13.6. The number of aliphatic hydroxyl groups excluding tert-OH is 1. The monoisotopic (exact) mass is 259 g/mol. The Bertz CT molecular complexity index is 498. The van der Waals surface area contributed by atoms with Crippen LogP contribution in [-0.2, 0) is 0 Å². The predicted octanol–water partition coefficient (Wildman–Crippen LogP) is 3.40. The Labute approximate surface area is 112 Å². The van der Waals surface area contributed by atoms with Crippen LogP contribution in [0.4, 0.5) is 10.1 Å². The van der Waals surface area contributed by atoms with E-state index >= 15 is 0 Å². The Kier molecular flexibility index (Phi) is 4.53. The molecular formula is C16H18FNO. The van der Waals surface area contributed by atoms with Crippen molar-refractivity contribution in [3.05, 3.63) is 66.0 Å². The van der Waals surface area contributed by atoms with Crippen LogP contribution < -0.4 is 5.32 Å². The standard InChI is InChI=1S/C16H18FNO/c1-12(13-5-3-2-4-6-13)16(11-19)18-15-9-7-14(17)8-10-15/h2-10,12,16,18-19H,11H2,1H3. The van der Waals surface area contributed by atoms with E-state index in [0.29, 0.717) is 0 Å². The highest BCUT2D eigenvalue weighted by Crippen LogP contribution is 2.22. The molecule has 0 radical (unpaired) electrons. The van der Waals surface area contributed by atoms with Crippen molar-refractivity contribution < 1.29 is 9.50 Å². The Morgan fingerprint density at radius 2 is 1.68 bits per heavy atom. The third kappa shape index (κ3) is 3.55. The van der Waals surface area contributed by atoms with E-state index in [0.717, 1.165) is 11.3 Å². The Balaban J connectivity index is 2.10. The number of rotatable bonds is 5. The molecule has 100 valence electrons. The fourth-order valence-corrected chi connectivity index (χ4v) is 2.08. The molecule has 0 aliphatic heterocycles. The SMILES string of the molecule is CC(c1ccccc1)C(CO)Nc1ccc(F)cc1. The number of hydrogen-bond acceptors (Lipinski definition) is 2. The van der Waals surface area contributed by atoms with Gasteiger partial charge in [-0.2, -0.15) is 0 Å². The average Bonchev–Trinajstić information content (AvgIpc) is 2.47. The van der Waals surface area contributed by atoms with Gasteiger partial charge < -0.3 is 10.4 Å². The molecule has 2 rings (SSSR count). The molecule has 0 bridgehead atoms. The van der Waals surface area contributed by atoms with Gasteiger partial charge in [0.1, 0.15) is 5.82 Å². The largest absolute Gasteiger partial charge is 0.394 e. The van der Waals surface area contributed by atoms with Crippen LogP contribution in [0.5, 0.6) is 0 Å². The summed E-state index contributed by atoms with van der Waals surface area (Å²) in [5, 5.41) is 12.8. The minimum absolute atomic E-state index is 0.0213. The predicted molar refractivity (Wildman–Crippen MR) is 75.8 cm³/mol. The Hall–Kier alpha value is -1.87. The van der Waals surface area contributed by atoms with E-state index in [1.165, 1.54) is 12.1 Å². The van der Waals surface area contributed by atoms with Gasteiger partial charge in [-0.1, -0.05) is 37.3 Å². The van der Waals surface area contributed by atoms with Gasteiger partial charge in [-0.05, 0) is 29.8 Å². The van der Waals surface area contributed by atoms with Crippen LogP contribution in [0.2, 0.25) is 0 Å². The van der Waals surface area contributed by atoms with Gasteiger partial charge in [0.15, 0.2) is 0 Å². The summed E-state index contributed by atoms with van der Waals surface area (Å²) in [6.07, 6.45) is 0. The van der Waals surface area contributed by atoms with Crippen LogP contribution in [-0.4, -0.2) is 17.8 Å². The van der Waals surface area contributed by atoms with E-state index in [2.05, 4.69) is 12.2 Å². The van der Waals surface area contributed by atoms with Crippen LogP contribution in [0.3, 0.4) is 0 Å². The third-order valence-electron chi connectivity index (χ3n) is 3.32. The molecule has 2 N–H and O–H groups in total. The molecule has 19 heavy (non-hydrogen) atoms. The summed E-state index contributed by atoms with van der Waals surface area (Å²) < 4.78 is 12.9. The van der Waals surface area contributed by atoms with Crippen molar-refractivity contribution in [1.82, 2.24) is 0 Å². The maximum Gasteiger partial charge on any atom is 0.123 e. The van der Waals surface area contributed by atoms with Crippen LogP contribution >= 0.6 is 0 Å². The molecule has 0 saturated heterocycles. The smallest absolute Gasteiger partial charge is 0.123 e. The second kappa shape index (κ2) is 6.34. The van der Waals surface area contributed by atoms with Gasteiger partial charge in [0.05, 0.1) is 12.6 Å². The fourth-order valence-electron chi connectivity index (χ4n) is 2.08. The van der Waals surface area contributed by atoms with E-state index in [1.807, 2.05) is 30.3 Å². The third-order valence-corrected chi connectivity index (χ3v) is 3.32. The van der Waals surface area contributed by atoms with Crippen LogP contribution in [0.15, 0.2) is 54.6 Å². The van der Waals surface area contributed by atoms with E-state index in [4.69, 9.17) is 0 Å². The minimum Gasteiger partial charge on any atom is -0.394 e. The second-order valence-corrected chi connectivity index (χ2v) is 4.64. The van der Waals surface area contributed by atoms with Crippen molar-refractivity contribution in [2.24, 2.45) is 0 Å². The number of aliphatic hydroxyl groups is 1. The van der Waals surface area contributed by atoms with E-state index < -0.39 is 0 Å². The van der Waals surface area contributed by atoms with Crippen molar-refractivity contribution in [2.45, 2.75) is 18.9 Å². The number of nitrogens with one attached hydrogen (secondary N) is 1. The van der Waals surface area contributed by atoms with E-state index in [9.17, 15) is 9.50 Å². The molecule has 2 aromatic rings. The molecule has 0 heterocycles. The molecule has 0 fully saturated rings. The Morgan fingerprint density at radius 1 is 1.05 bits per heavy atom. The molecule has 2 aromatic carbocycles. The van der Waals surface area contributed by atoms with Gasteiger partial charge in [-0.3, -0.25) is 0 Å². The van der Waals surface area contributed by atoms with E-state index in [-0.39, 0.29) is 24.4 Å². The molecule has 2 unspecified atom stereocenters. The summed E-state index contributed by atoms with van der Waals surface area (Å²) in [6, 6.07) is 16.1. The first-order valence-corrected chi connectivity index (χ1v) is 6.38. The lowest BCUT2D eigenvalue weighted by atomic mass is 9.93. The quantitative estimate of drug-likeness (QED) is 0.862. The lowest BCUT2D eigenvalue weighted by Gasteiger charge is -2.24. The maximum atomic E-state index is 12.9. The lowest BCUT2D eigenvalue weighted by molar-refractivity contribution is 0.262. The number of halogens is 1. The van der Waals surface area contributed by atoms with Crippen molar-refractivity contribution in [3.63, 3.8) is 0 Å². The molecule has 2 nitrogen and oxygen atoms in total. The second-order valence-electron chi connectivity index (χ2n) is 4.64. The summed E-state index contributed by atoms with van der Waals surface area (Å²) in [5.41, 5.74) is 1.97. The van der Waals surface area contributed by atoms with E-state index in [1.54, 1.807) is 12.1 Å². The first-order valence-electron chi connectivity index (χ1n) is 6.38. The maximum absolute atomic E-state index is 12.9. The lowest BCUT2D eigenvalue weighted by Crippen LogP contribution is -2.29. The van der Waals surface area contributed by atoms with Gasteiger partial charge in [0.25, 0.3) is 0 Å². The van der Waals surface area contributed by atoms with Crippen molar-refractivity contribution in [3.8, 4) is 0 Å². The van der Waals surface area contributed by atoms with Crippen LogP contribution in [0.1, 0.15) is 18.4 Å². The molecule has 0 saturated carbocycles. The Morgan fingerprint density at radius 3 is 2.26 bits per heavy atom. The topological polar surface area (TPSA) is 32.3 Å². The van der Waals surface area contributed by atoms with Gasteiger partial charge in [-0.15, -0.1) is 0 Å². The molecule has 3 heteroatoms. The fraction of sp³-hybridized carbons (Fsp3) is 0.250. The van der Waals surface area contributed by atoms with Gasteiger partial charge in [-0.25, -0.2) is 4.39 Å².